The first-order valence-electron chi connectivity index (χ1n) is 4.88. The largest absolute Gasteiger partial charge is 0.385 e. The summed E-state index contributed by atoms with van der Waals surface area (Å²) in [5, 5.41) is 0. The number of nitrogen functional groups attached to an aromatic ring is 1. The Morgan fingerprint density at radius 2 is 2.53 bits per heavy atom. The summed E-state index contributed by atoms with van der Waals surface area (Å²) in [6, 6.07) is 1.34. The summed E-state index contributed by atoms with van der Waals surface area (Å²) >= 11 is 5.03. The van der Waals surface area contributed by atoms with Crippen LogP contribution in [0.15, 0.2) is 10.9 Å². The first kappa shape index (κ1) is 10.4. The molecule has 0 amide bonds. The van der Waals surface area contributed by atoms with Crippen LogP contribution in [0.2, 0.25) is 0 Å². The van der Waals surface area contributed by atoms with Gasteiger partial charge in [0.2, 0.25) is 0 Å². The maximum absolute atomic E-state index is 11.1. The number of nitrogens with one attached hydrogen (secondary N) is 1. The predicted molar refractivity (Wildman–Crippen MR) is 59.3 cm³/mol. The van der Waals surface area contributed by atoms with Crippen LogP contribution in [-0.2, 0) is 11.3 Å². The number of anilines is 1. The van der Waals surface area contributed by atoms with Crippen LogP contribution in [0.3, 0.4) is 0 Å². The number of ether oxygens (including phenoxy) is 1. The third kappa shape index (κ3) is 2.27. The van der Waals surface area contributed by atoms with Gasteiger partial charge in [0.1, 0.15) is 5.82 Å². The van der Waals surface area contributed by atoms with E-state index in [2.05, 4.69) is 4.98 Å². The average molecular weight is 227 g/mol. The Balaban J connectivity index is 2.27. The van der Waals surface area contributed by atoms with Gasteiger partial charge in [0.05, 0.1) is 12.6 Å². The van der Waals surface area contributed by atoms with Gasteiger partial charge in [-0.25, -0.2) is 0 Å². The molecule has 0 unspecified atom stereocenters. The summed E-state index contributed by atoms with van der Waals surface area (Å²) in [7, 11) is 0. The summed E-state index contributed by atoms with van der Waals surface area (Å²) in [4.78, 5) is 13.6. The Labute approximate surface area is 91.9 Å². The van der Waals surface area contributed by atoms with Crippen LogP contribution in [-0.4, -0.2) is 22.3 Å². The summed E-state index contributed by atoms with van der Waals surface area (Å²) in [6.07, 6.45) is 2.24. The zero-order chi connectivity index (χ0) is 10.8. The second kappa shape index (κ2) is 4.16. The molecule has 0 aliphatic carbocycles. The lowest BCUT2D eigenvalue weighted by Crippen LogP contribution is -2.22. The van der Waals surface area contributed by atoms with Crippen molar-refractivity contribution in [1.29, 1.82) is 0 Å². The van der Waals surface area contributed by atoms with Crippen molar-refractivity contribution >= 4 is 18.0 Å². The third-order valence-electron chi connectivity index (χ3n) is 2.48. The van der Waals surface area contributed by atoms with E-state index in [1.54, 1.807) is 4.57 Å². The van der Waals surface area contributed by atoms with Crippen molar-refractivity contribution in [3.05, 3.63) is 21.2 Å². The molecule has 1 fully saturated rings. The second-order valence-electron chi connectivity index (χ2n) is 3.61. The number of aromatic nitrogens is 2. The highest BCUT2D eigenvalue weighted by Crippen LogP contribution is 2.15. The highest BCUT2D eigenvalue weighted by Gasteiger charge is 2.16. The summed E-state index contributed by atoms with van der Waals surface area (Å²) in [5.41, 5.74) is 5.46. The van der Waals surface area contributed by atoms with Gasteiger partial charge < -0.3 is 15.0 Å². The highest BCUT2D eigenvalue weighted by atomic mass is 32.1. The molecular formula is C9H13N3O2S. The molecule has 1 aliphatic rings. The Morgan fingerprint density at radius 1 is 1.73 bits per heavy atom. The van der Waals surface area contributed by atoms with E-state index >= 15 is 0 Å². The normalized spacial score (nSPS) is 20.7. The van der Waals surface area contributed by atoms with E-state index in [-0.39, 0.29) is 11.7 Å². The molecule has 5 nitrogen and oxygen atoms in total. The van der Waals surface area contributed by atoms with Crippen molar-refractivity contribution in [2.75, 3.05) is 12.3 Å². The average Bonchev–Trinajstić information content (AvgIpc) is 2.63. The van der Waals surface area contributed by atoms with Crippen molar-refractivity contribution in [3.63, 3.8) is 0 Å². The van der Waals surface area contributed by atoms with Gasteiger partial charge in [0.25, 0.3) is 5.56 Å². The number of hydrogen-bond donors (Lipinski definition) is 2. The smallest absolute Gasteiger partial charge is 0.253 e. The minimum atomic E-state index is -0.263. The molecule has 1 aromatic rings. The fourth-order valence-electron chi connectivity index (χ4n) is 1.72. The molecule has 15 heavy (non-hydrogen) atoms. The molecule has 1 aliphatic heterocycles. The minimum absolute atomic E-state index is 0.157. The van der Waals surface area contributed by atoms with Gasteiger partial charge in [0, 0.05) is 12.7 Å². The zero-order valence-corrected chi connectivity index (χ0v) is 9.05. The van der Waals surface area contributed by atoms with Crippen molar-refractivity contribution in [2.24, 2.45) is 0 Å². The molecule has 2 heterocycles. The van der Waals surface area contributed by atoms with Crippen LogP contribution in [0.4, 0.5) is 5.82 Å². The van der Waals surface area contributed by atoms with Crippen molar-refractivity contribution in [1.82, 2.24) is 9.55 Å². The Hall–Kier alpha value is -1.14. The maximum Gasteiger partial charge on any atom is 0.253 e. The maximum atomic E-state index is 11.1. The molecule has 0 radical (unpaired) electrons. The fourth-order valence-corrected chi connectivity index (χ4v) is 2.00. The standard InChI is InChI=1S/C9H13N3O2S/c10-7-4-8(13)11-9(15)12(7)5-6-2-1-3-14-6/h4,6H,1-3,5,10H2,(H,11,13,15)/t6-/m1/s1. The fraction of sp³-hybridized carbons (Fsp3) is 0.556. The summed E-state index contributed by atoms with van der Waals surface area (Å²) in [5.74, 6) is 0.388. The van der Waals surface area contributed by atoms with E-state index in [4.69, 9.17) is 22.7 Å². The van der Waals surface area contributed by atoms with E-state index in [9.17, 15) is 4.79 Å². The molecular weight excluding hydrogens is 214 g/mol. The van der Waals surface area contributed by atoms with Gasteiger partial charge in [-0.05, 0) is 25.1 Å². The number of rotatable bonds is 2. The number of hydrogen-bond acceptors (Lipinski definition) is 4. The topological polar surface area (TPSA) is 73.0 Å². The van der Waals surface area contributed by atoms with Gasteiger partial charge in [-0.1, -0.05) is 0 Å². The minimum Gasteiger partial charge on any atom is -0.385 e. The van der Waals surface area contributed by atoms with E-state index in [0.717, 1.165) is 19.4 Å². The van der Waals surface area contributed by atoms with Crippen LogP contribution in [0, 0.1) is 4.77 Å². The van der Waals surface area contributed by atoms with Crippen LogP contribution < -0.4 is 11.3 Å². The predicted octanol–water partition coefficient (Wildman–Crippen LogP) is 0.667. The molecule has 0 saturated carbocycles. The van der Waals surface area contributed by atoms with E-state index in [0.29, 0.717) is 17.1 Å². The van der Waals surface area contributed by atoms with Gasteiger partial charge >= 0.3 is 0 Å². The highest BCUT2D eigenvalue weighted by molar-refractivity contribution is 7.71. The van der Waals surface area contributed by atoms with E-state index < -0.39 is 0 Å². The molecule has 82 valence electrons. The lowest BCUT2D eigenvalue weighted by molar-refractivity contribution is 0.0968. The Bertz CT molecular complexity index is 459. The third-order valence-corrected chi connectivity index (χ3v) is 2.80. The lowest BCUT2D eigenvalue weighted by Gasteiger charge is -2.14. The lowest BCUT2D eigenvalue weighted by atomic mass is 10.2. The Morgan fingerprint density at radius 3 is 3.13 bits per heavy atom. The summed E-state index contributed by atoms with van der Waals surface area (Å²) in [6.45, 7) is 1.41. The molecule has 6 heteroatoms. The molecule has 1 atom stereocenters. The first-order chi connectivity index (χ1) is 7.16. The van der Waals surface area contributed by atoms with E-state index in [1.165, 1.54) is 6.07 Å². The molecule has 3 N–H and O–H groups in total. The van der Waals surface area contributed by atoms with Crippen LogP contribution >= 0.6 is 12.2 Å². The molecule has 2 rings (SSSR count). The number of aromatic amines is 1. The number of nitrogens with two attached hydrogens (primary N) is 1. The molecule has 0 spiro atoms. The molecule has 1 aromatic heterocycles. The molecule has 1 saturated heterocycles. The van der Waals surface area contributed by atoms with Crippen LogP contribution in [0.5, 0.6) is 0 Å². The summed E-state index contributed by atoms with van der Waals surface area (Å²) < 4.78 is 7.54. The van der Waals surface area contributed by atoms with Crippen molar-refractivity contribution in [3.8, 4) is 0 Å². The quantitative estimate of drug-likeness (QED) is 0.728. The second-order valence-corrected chi connectivity index (χ2v) is 4.00. The van der Waals surface area contributed by atoms with Crippen LogP contribution in [0.25, 0.3) is 0 Å². The number of nitrogens with zero attached hydrogens (tertiary/aromatic N) is 1. The van der Waals surface area contributed by atoms with Gasteiger partial charge in [0.15, 0.2) is 4.77 Å². The van der Waals surface area contributed by atoms with Gasteiger partial charge in [-0.3, -0.25) is 9.78 Å². The monoisotopic (exact) mass is 227 g/mol. The van der Waals surface area contributed by atoms with Crippen molar-refractivity contribution < 1.29 is 4.74 Å². The molecule has 0 bridgehead atoms. The van der Waals surface area contributed by atoms with Crippen LogP contribution in [0.1, 0.15) is 12.8 Å². The Kier molecular flexibility index (Phi) is 2.88. The SMILES string of the molecule is Nc1cc(=O)[nH]c(=S)n1C[C@H]1CCCO1. The first-order valence-corrected chi connectivity index (χ1v) is 5.29. The van der Waals surface area contributed by atoms with Crippen molar-refractivity contribution in [2.45, 2.75) is 25.5 Å². The van der Waals surface area contributed by atoms with E-state index in [1.807, 2.05) is 0 Å². The van der Waals surface area contributed by atoms with Gasteiger partial charge in [-0.2, -0.15) is 0 Å². The zero-order valence-electron chi connectivity index (χ0n) is 8.23. The number of H-pyrrole nitrogens is 1. The molecule has 0 aromatic carbocycles. The van der Waals surface area contributed by atoms with Gasteiger partial charge in [-0.15, -0.1) is 0 Å².